The molecule has 2 heterocycles. The highest BCUT2D eigenvalue weighted by molar-refractivity contribution is 7.93. The first-order chi connectivity index (χ1) is 11.5. The van der Waals surface area contributed by atoms with Crippen molar-refractivity contribution in [3.05, 3.63) is 47.8 Å². The van der Waals surface area contributed by atoms with Crippen LogP contribution in [0.15, 0.2) is 45.9 Å². The minimum Gasteiger partial charge on any atom is -0.263 e. The summed E-state index contributed by atoms with van der Waals surface area (Å²) in [6.07, 6.45) is 1.25. The number of nitrogens with zero attached hydrogens (tertiary/aromatic N) is 3. The van der Waals surface area contributed by atoms with Crippen LogP contribution in [0.2, 0.25) is 0 Å². The van der Waals surface area contributed by atoms with Crippen molar-refractivity contribution in [3.63, 3.8) is 0 Å². The number of anilines is 1. The molecule has 1 aromatic heterocycles. The van der Waals surface area contributed by atoms with Crippen LogP contribution in [0, 0.1) is 5.82 Å². The lowest BCUT2D eigenvalue weighted by Crippen LogP contribution is -2.42. The Morgan fingerprint density at radius 2 is 2.08 bits per heavy atom. The van der Waals surface area contributed by atoms with Gasteiger partial charge < -0.3 is 0 Å². The summed E-state index contributed by atoms with van der Waals surface area (Å²) in [6, 6.07) is 8.64. The molecule has 6 nitrogen and oxygen atoms in total. The summed E-state index contributed by atoms with van der Waals surface area (Å²) in [6.45, 7) is 1.84. The minimum atomic E-state index is -3.89. The summed E-state index contributed by atoms with van der Waals surface area (Å²) in [7, 11) is -3.89. The fraction of sp³-hybridized carbons (Fsp3) is 0.250. The monoisotopic (exact) mass is 347 g/mol. The third-order valence-electron chi connectivity index (χ3n) is 4.30. The lowest BCUT2D eigenvalue weighted by Gasteiger charge is -2.35. The maximum atomic E-state index is 13.5. The molecule has 2 aromatic carbocycles. The Hall–Kier alpha value is -2.48. The Balaban J connectivity index is 1.93. The van der Waals surface area contributed by atoms with E-state index in [-0.39, 0.29) is 22.3 Å². The molecule has 0 spiro atoms. The number of hydrogen-bond acceptors (Lipinski definition) is 5. The molecule has 0 fully saturated rings. The SMILES string of the molecule is CC1CCc2cc(F)ccc2N1S(=O)(=O)c1cccc2nonc12. The van der Waals surface area contributed by atoms with Crippen molar-refractivity contribution in [2.45, 2.75) is 30.7 Å². The van der Waals surface area contributed by atoms with Crippen molar-refractivity contribution in [2.75, 3.05) is 4.31 Å². The van der Waals surface area contributed by atoms with E-state index in [9.17, 15) is 12.8 Å². The van der Waals surface area contributed by atoms with Crippen LogP contribution in [-0.4, -0.2) is 24.8 Å². The molecule has 1 atom stereocenters. The largest absolute Gasteiger partial charge is 0.266 e. The van der Waals surface area contributed by atoms with Gasteiger partial charge in [-0.1, -0.05) is 6.07 Å². The van der Waals surface area contributed by atoms with Crippen molar-refractivity contribution in [1.82, 2.24) is 10.3 Å². The van der Waals surface area contributed by atoms with Gasteiger partial charge in [0.1, 0.15) is 16.2 Å². The third-order valence-corrected chi connectivity index (χ3v) is 6.26. The van der Waals surface area contributed by atoms with Gasteiger partial charge in [0, 0.05) is 6.04 Å². The van der Waals surface area contributed by atoms with E-state index in [1.807, 2.05) is 6.92 Å². The molecule has 1 unspecified atom stereocenters. The fourth-order valence-corrected chi connectivity index (χ4v) is 5.02. The topological polar surface area (TPSA) is 76.3 Å². The Morgan fingerprint density at radius 1 is 1.25 bits per heavy atom. The van der Waals surface area contributed by atoms with Crippen molar-refractivity contribution in [1.29, 1.82) is 0 Å². The highest BCUT2D eigenvalue weighted by Gasteiger charge is 2.35. The van der Waals surface area contributed by atoms with Gasteiger partial charge in [-0.25, -0.2) is 17.4 Å². The molecule has 4 rings (SSSR count). The Morgan fingerprint density at radius 3 is 2.92 bits per heavy atom. The zero-order valence-electron chi connectivity index (χ0n) is 12.8. The second kappa shape index (κ2) is 5.27. The minimum absolute atomic E-state index is 0.0327. The molecule has 0 saturated heterocycles. The summed E-state index contributed by atoms with van der Waals surface area (Å²) >= 11 is 0. The summed E-state index contributed by atoms with van der Waals surface area (Å²) in [5, 5.41) is 7.42. The normalized spacial score (nSPS) is 17.9. The highest BCUT2D eigenvalue weighted by Crippen LogP contribution is 2.36. The van der Waals surface area contributed by atoms with Crippen LogP contribution in [0.4, 0.5) is 10.1 Å². The first-order valence-corrected chi connectivity index (χ1v) is 8.96. The van der Waals surface area contributed by atoms with E-state index in [4.69, 9.17) is 0 Å². The van der Waals surface area contributed by atoms with Gasteiger partial charge >= 0.3 is 0 Å². The van der Waals surface area contributed by atoms with Gasteiger partial charge in [-0.05, 0) is 66.0 Å². The van der Waals surface area contributed by atoms with Crippen molar-refractivity contribution >= 4 is 26.7 Å². The van der Waals surface area contributed by atoms with E-state index < -0.39 is 10.0 Å². The maximum Gasteiger partial charge on any atom is 0.266 e. The molecule has 0 amide bonds. The summed E-state index contributed by atoms with van der Waals surface area (Å²) in [4.78, 5) is 0.0327. The second-order valence-electron chi connectivity index (χ2n) is 5.85. The predicted molar refractivity (Wildman–Crippen MR) is 85.7 cm³/mol. The van der Waals surface area contributed by atoms with Crippen LogP contribution in [0.1, 0.15) is 18.9 Å². The van der Waals surface area contributed by atoms with E-state index in [1.165, 1.54) is 28.6 Å². The van der Waals surface area contributed by atoms with Gasteiger partial charge in [0.25, 0.3) is 10.0 Å². The summed E-state index contributed by atoms with van der Waals surface area (Å²) in [5.41, 5.74) is 1.75. The molecule has 0 saturated carbocycles. The zero-order valence-corrected chi connectivity index (χ0v) is 13.6. The third kappa shape index (κ3) is 2.17. The van der Waals surface area contributed by atoms with E-state index in [1.54, 1.807) is 12.1 Å². The quantitative estimate of drug-likeness (QED) is 0.712. The van der Waals surface area contributed by atoms with E-state index in [0.717, 1.165) is 0 Å². The van der Waals surface area contributed by atoms with Gasteiger partial charge in [-0.15, -0.1) is 0 Å². The molecule has 3 aromatic rings. The van der Waals surface area contributed by atoms with Crippen molar-refractivity contribution < 1.29 is 17.4 Å². The predicted octanol–water partition coefficient (Wildman–Crippen LogP) is 2.89. The van der Waals surface area contributed by atoms with Crippen LogP contribution in [0.5, 0.6) is 0 Å². The van der Waals surface area contributed by atoms with Crippen LogP contribution in [-0.2, 0) is 16.4 Å². The van der Waals surface area contributed by atoms with Crippen LogP contribution in [0.25, 0.3) is 11.0 Å². The second-order valence-corrected chi connectivity index (χ2v) is 7.63. The van der Waals surface area contributed by atoms with Crippen molar-refractivity contribution in [2.24, 2.45) is 0 Å². The molecule has 124 valence electrons. The molecule has 0 radical (unpaired) electrons. The van der Waals surface area contributed by atoms with E-state index in [2.05, 4.69) is 14.9 Å². The Bertz CT molecular complexity index is 1030. The fourth-order valence-electron chi connectivity index (χ4n) is 3.15. The molecular weight excluding hydrogens is 333 g/mol. The molecular formula is C16H14FN3O3S. The smallest absolute Gasteiger partial charge is 0.263 e. The maximum absolute atomic E-state index is 13.5. The van der Waals surface area contributed by atoms with Gasteiger partial charge in [0.05, 0.1) is 5.69 Å². The molecule has 24 heavy (non-hydrogen) atoms. The molecule has 1 aliphatic rings. The van der Waals surface area contributed by atoms with E-state index in [0.29, 0.717) is 29.6 Å². The van der Waals surface area contributed by atoms with Gasteiger partial charge in [0.2, 0.25) is 0 Å². The standard InChI is InChI=1S/C16H14FN3O3S/c1-10-5-6-11-9-12(17)7-8-14(11)20(10)24(21,22)15-4-2-3-13-16(15)19-23-18-13/h2-4,7-10H,5-6H2,1H3. The number of fused-ring (bicyclic) bond motifs is 2. The number of benzene rings is 2. The number of halogens is 1. The average molecular weight is 347 g/mol. The molecule has 0 bridgehead atoms. The van der Waals surface area contributed by atoms with Gasteiger partial charge in [0.15, 0.2) is 5.52 Å². The number of hydrogen-bond donors (Lipinski definition) is 0. The van der Waals surface area contributed by atoms with Gasteiger partial charge in [-0.2, -0.15) is 0 Å². The summed E-state index contributed by atoms with van der Waals surface area (Å²) in [5.74, 6) is -0.372. The van der Waals surface area contributed by atoms with Crippen LogP contribution < -0.4 is 4.31 Å². The zero-order chi connectivity index (χ0) is 16.9. The number of aryl methyl sites for hydroxylation is 1. The number of aromatic nitrogens is 2. The van der Waals surface area contributed by atoms with Crippen LogP contribution in [0.3, 0.4) is 0 Å². The number of rotatable bonds is 2. The van der Waals surface area contributed by atoms with E-state index >= 15 is 0 Å². The van der Waals surface area contributed by atoms with Crippen molar-refractivity contribution in [3.8, 4) is 0 Å². The van der Waals surface area contributed by atoms with Crippen LogP contribution >= 0.6 is 0 Å². The lowest BCUT2D eigenvalue weighted by molar-refractivity contribution is 0.315. The average Bonchev–Trinajstić information content (AvgIpc) is 3.03. The van der Waals surface area contributed by atoms with Gasteiger partial charge in [-0.3, -0.25) is 4.31 Å². The highest BCUT2D eigenvalue weighted by atomic mass is 32.2. The summed E-state index contributed by atoms with van der Waals surface area (Å²) < 4.78 is 46.1. The Kier molecular flexibility index (Phi) is 3.31. The number of sulfonamides is 1. The lowest BCUT2D eigenvalue weighted by atomic mass is 9.99. The Labute approximate surface area is 137 Å². The molecule has 1 aliphatic heterocycles. The first-order valence-electron chi connectivity index (χ1n) is 7.52. The molecule has 8 heteroatoms. The molecule has 0 N–H and O–H groups in total. The molecule has 0 aliphatic carbocycles. The first kappa shape index (κ1) is 15.1.